The van der Waals surface area contributed by atoms with Gasteiger partial charge in [0.15, 0.2) is 5.75 Å². The molecule has 0 aliphatic carbocycles. The van der Waals surface area contributed by atoms with Crippen LogP contribution in [0.25, 0.3) is 10.9 Å². The van der Waals surface area contributed by atoms with E-state index in [1.807, 2.05) is 20.8 Å². The normalized spacial score (nSPS) is 10.8. The van der Waals surface area contributed by atoms with Gasteiger partial charge < -0.3 is 14.6 Å². The lowest BCUT2D eigenvalue weighted by atomic mass is 10.1. The van der Waals surface area contributed by atoms with E-state index in [4.69, 9.17) is 27.9 Å². The molecule has 5 nitrogen and oxygen atoms in total. The maximum Gasteiger partial charge on any atom is 0.415 e. The highest BCUT2D eigenvalue weighted by Gasteiger charge is 2.20. The van der Waals surface area contributed by atoms with Gasteiger partial charge in [0.2, 0.25) is 0 Å². The summed E-state index contributed by atoms with van der Waals surface area (Å²) in [6, 6.07) is 3.16. The van der Waals surface area contributed by atoms with E-state index in [-0.39, 0.29) is 11.3 Å². The highest BCUT2D eigenvalue weighted by Crippen LogP contribution is 2.33. The molecular formula is C16H18Cl2N2O3. The molecule has 2 rings (SSSR count). The number of rotatable bonds is 4. The van der Waals surface area contributed by atoms with Gasteiger partial charge in [0, 0.05) is 23.5 Å². The van der Waals surface area contributed by atoms with E-state index < -0.39 is 6.09 Å². The quantitative estimate of drug-likeness (QED) is 0.890. The van der Waals surface area contributed by atoms with Crippen molar-refractivity contribution < 1.29 is 9.53 Å². The van der Waals surface area contributed by atoms with E-state index in [1.165, 1.54) is 11.0 Å². The first-order chi connectivity index (χ1) is 10.9. The Hall–Kier alpha value is -1.72. The smallest absolute Gasteiger partial charge is 0.409 e. The van der Waals surface area contributed by atoms with Gasteiger partial charge in [0.05, 0.1) is 16.1 Å². The van der Waals surface area contributed by atoms with Crippen LogP contribution in [-0.2, 0) is 6.42 Å². The van der Waals surface area contributed by atoms with E-state index in [0.717, 1.165) is 0 Å². The van der Waals surface area contributed by atoms with Gasteiger partial charge in [-0.25, -0.2) is 4.79 Å². The van der Waals surface area contributed by atoms with Gasteiger partial charge in [-0.05, 0) is 32.4 Å². The van der Waals surface area contributed by atoms with Gasteiger partial charge in [-0.3, -0.25) is 4.79 Å². The monoisotopic (exact) mass is 356 g/mol. The Labute approximate surface area is 144 Å². The number of aromatic nitrogens is 1. The van der Waals surface area contributed by atoms with Gasteiger partial charge in [0.25, 0.3) is 5.56 Å². The van der Waals surface area contributed by atoms with Crippen molar-refractivity contribution in [3.63, 3.8) is 0 Å². The van der Waals surface area contributed by atoms with Crippen LogP contribution in [0.3, 0.4) is 0 Å². The standard InChI is InChI=1S/C16H18Cl2N2O3/c1-4-10-14(23-16(22)20(5-2)6-3)11-7-9(17)8-12(18)13(11)19-15(10)21/h7-8H,4-6H2,1-3H3,(H,19,21). The largest absolute Gasteiger partial charge is 0.415 e. The number of H-pyrrole nitrogens is 1. The molecule has 0 atom stereocenters. The molecule has 0 unspecified atom stereocenters. The van der Waals surface area contributed by atoms with Crippen LogP contribution in [0.4, 0.5) is 4.79 Å². The molecule has 1 amide bonds. The first-order valence-corrected chi connectivity index (χ1v) is 8.19. The van der Waals surface area contributed by atoms with Crippen LogP contribution >= 0.6 is 23.2 Å². The van der Waals surface area contributed by atoms with E-state index in [2.05, 4.69) is 4.98 Å². The molecule has 0 saturated heterocycles. The molecule has 0 spiro atoms. The fourth-order valence-electron chi connectivity index (χ4n) is 2.41. The summed E-state index contributed by atoms with van der Waals surface area (Å²) in [5, 5.41) is 1.21. The Morgan fingerprint density at radius 3 is 2.43 bits per heavy atom. The summed E-state index contributed by atoms with van der Waals surface area (Å²) >= 11 is 12.2. The number of aromatic amines is 1. The van der Waals surface area contributed by atoms with Crippen LogP contribution in [0.5, 0.6) is 5.75 Å². The van der Waals surface area contributed by atoms with Crippen molar-refractivity contribution in [1.82, 2.24) is 9.88 Å². The minimum absolute atomic E-state index is 0.215. The highest BCUT2D eigenvalue weighted by molar-refractivity contribution is 6.38. The minimum atomic E-state index is -0.507. The number of hydrogen-bond donors (Lipinski definition) is 1. The summed E-state index contributed by atoms with van der Waals surface area (Å²) < 4.78 is 5.53. The first kappa shape index (κ1) is 17.6. The van der Waals surface area contributed by atoms with Crippen LogP contribution < -0.4 is 10.3 Å². The van der Waals surface area contributed by atoms with Crippen molar-refractivity contribution in [2.75, 3.05) is 13.1 Å². The number of hydrogen-bond acceptors (Lipinski definition) is 3. The predicted molar refractivity (Wildman–Crippen MR) is 92.9 cm³/mol. The van der Waals surface area contributed by atoms with Crippen molar-refractivity contribution in [3.05, 3.63) is 38.1 Å². The lowest BCUT2D eigenvalue weighted by molar-refractivity contribution is 0.157. The van der Waals surface area contributed by atoms with E-state index in [0.29, 0.717) is 46.0 Å². The maximum absolute atomic E-state index is 12.3. The van der Waals surface area contributed by atoms with Crippen LogP contribution in [0, 0.1) is 0 Å². The second kappa shape index (κ2) is 7.23. The zero-order valence-corrected chi connectivity index (χ0v) is 14.7. The van der Waals surface area contributed by atoms with Crippen molar-refractivity contribution in [1.29, 1.82) is 0 Å². The number of nitrogens with zero attached hydrogens (tertiary/aromatic N) is 1. The third-order valence-corrected chi connectivity index (χ3v) is 4.17. The van der Waals surface area contributed by atoms with Crippen LogP contribution in [0.2, 0.25) is 10.0 Å². The van der Waals surface area contributed by atoms with Crippen molar-refractivity contribution in [2.24, 2.45) is 0 Å². The number of ether oxygens (including phenoxy) is 1. The average molecular weight is 357 g/mol. The summed E-state index contributed by atoms with van der Waals surface area (Å²) in [4.78, 5) is 28.8. The number of carbonyl (C=O) groups is 1. The number of nitrogens with one attached hydrogen (secondary N) is 1. The Balaban J connectivity index is 2.69. The lowest BCUT2D eigenvalue weighted by Crippen LogP contribution is -2.33. The SMILES string of the molecule is CCc1c(OC(=O)N(CC)CC)c2cc(Cl)cc(Cl)c2[nH]c1=O. The number of fused-ring (bicyclic) bond motifs is 1. The molecule has 1 heterocycles. The zero-order chi connectivity index (χ0) is 17.1. The van der Waals surface area contributed by atoms with E-state index in [1.54, 1.807) is 6.07 Å². The first-order valence-electron chi connectivity index (χ1n) is 7.43. The number of amides is 1. The molecule has 0 radical (unpaired) electrons. The van der Waals surface area contributed by atoms with Crippen molar-refractivity contribution in [2.45, 2.75) is 27.2 Å². The summed E-state index contributed by atoms with van der Waals surface area (Å²) in [5.74, 6) is 0.215. The third-order valence-electron chi connectivity index (χ3n) is 3.65. The zero-order valence-electron chi connectivity index (χ0n) is 13.2. The Kier molecular flexibility index (Phi) is 5.55. The second-order valence-corrected chi connectivity index (χ2v) is 5.81. The topological polar surface area (TPSA) is 62.4 Å². The molecule has 1 aromatic carbocycles. The van der Waals surface area contributed by atoms with Crippen LogP contribution in [0.15, 0.2) is 16.9 Å². The van der Waals surface area contributed by atoms with Gasteiger partial charge in [-0.15, -0.1) is 0 Å². The van der Waals surface area contributed by atoms with Gasteiger partial charge in [0.1, 0.15) is 0 Å². The molecule has 23 heavy (non-hydrogen) atoms. The summed E-state index contributed by atoms with van der Waals surface area (Å²) in [7, 11) is 0. The average Bonchev–Trinajstić information content (AvgIpc) is 2.50. The van der Waals surface area contributed by atoms with E-state index >= 15 is 0 Å². The Bertz CT molecular complexity index is 798. The molecule has 0 fully saturated rings. The molecule has 124 valence electrons. The van der Waals surface area contributed by atoms with Crippen LogP contribution in [-0.4, -0.2) is 29.1 Å². The molecule has 1 aromatic heterocycles. The molecule has 2 aromatic rings. The summed E-state index contributed by atoms with van der Waals surface area (Å²) in [6.07, 6.45) is -0.0938. The molecule has 1 N–H and O–H groups in total. The number of benzene rings is 1. The molecule has 0 bridgehead atoms. The fraction of sp³-hybridized carbons (Fsp3) is 0.375. The maximum atomic E-state index is 12.3. The summed E-state index contributed by atoms with van der Waals surface area (Å²) in [6.45, 7) is 6.56. The predicted octanol–water partition coefficient (Wildman–Crippen LogP) is 4.24. The third kappa shape index (κ3) is 3.46. The van der Waals surface area contributed by atoms with Gasteiger partial charge in [-0.1, -0.05) is 30.1 Å². The molecule has 7 heteroatoms. The highest BCUT2D eigenvalue weighted by atomic mass is 35.5. The Morgan fingerprint density at radius 2 is 1.87 bits per heavy atom. The molecule has 0 aliphatic heterocycles. The number of carbonyl (C=O) groups excluding carboxylic acids is 1. The number of pyridine rings is 1. The Morgan fingerprint density at radius 1 is 1.22 bits per heavy atom. The van der Waals surface area contributed by atoms with Crippen molar-refractivity contribution >= 4 is 40.2 Å². The summed E-state index contributed by atoms with van der Waals surface area (Å²) in [5.41, 5.74) is 0.462. The van der Waals surface area contributed by atoms with Gasteiger partial charge in [-0.2, -0.15) is 0 Å². The van der Waals surface area contributed by atoms with E-state index in [9.17, 15) is 9.59 Å². The molecule has 0 saturated carbocycles. The number of halogens is 2. The van der Waals surface area contributed by atoms with Gasteiger partial charge >= 0.3 is 6.09 Å². The lowest BCUT2D eigenvalue weighted by Gasteiger charge is -2.20. The minimum Gasteiger partial charge on any atom is -0.409 e. The molecule has 0 aliphatic rings. The fourth-order valence-corrected chi connectivity index (χ4v) is 2.95. The second-order valence-electron chi connectivity index (χ2n) is 4.97. The molecular weight excluding hydrogens is 339 g/mol. The van der Waals surface area contributed by atoms with Crippen LogP contribution in [0.1, 0.15) is 26.3 Å². The van der Waals surface area contributed by atoms with Crippen molar-refractivity contribution in [3.8, 4) is 5.75 Å².